The molecular weight excluding hydrogens is 236 g/mol. The molecule has 0 aromatic rings. The summed E-state index contributed by atoms with van der Waals surface area (Å²) in [5, 5.41) is 3.64. The van der Waals surface area contributed by atoms with Crippen molar-refractivity contribution in [2.45, 2.75) is 44.7 Å². The molecule has 2 aliphatic rings. The topological polar surface area (TPSA) is 49.4 Å². The van der Waals surface area contributed by atoms with Crippen LogP contribution in [0.15, 0.2) is 0 Å². The fourth-order valence-corrected chi connectivity index (χ4v) is 3.73. The molecule has 0 aromatic carbocycles. The van der Waals surface area contributed by atoms with Crippen LogP contribution >= 0.6 is 0 Å². The second-order valence-electron chi connectivity index (χ2n) is 5.32. The van der Waals surface area contributed by atoms with Gasteiger partial charge >= 0.3 is 0 Å². The third kappa shape index (κ3) is 3.93. The number of hydrogen-bond acceptors (Lipinski definition) is 4. The molecule has 2 unspecified atom stereocenters. The molecule has 2 bridgehead atoms. The standard InChI is InChI=1S/C12H24N2O2S/c1-2-17(15,16)9-3-7-14-8-6-11-4-5-12(10-14)13-11/h11-13H,2-10H2,1H3. The predicted molar refractivity (Wildman–Crippen MR) is 69.9 cm³/mol. The van der Waals surface area contributed by atoms with Gasteiger partial charge in [-0.1, -0.05) is 6.92 Å². The van der Waals surface area contributed by atoms with E-state index in [2.05, 4.69) is 10.2 Å². The fraction of sp³-hybridized carbons (Fsp3) is 1.00. The lowest BCUT2D eigenvalue weighted by atomic mass is 10.1. The van der Waals surface area contributed by atoms with Gasteiger partial charge in [0.25, 0.3) is 0 Å². The van der Waals surface area contributed by atoms with Crippen molar-refractivity contribution < 1.29 is 8.42 Å². The summed E-state index contributed by atoms with van der Waals surface area (Å²) in [6.07, 6.45) is 4.61. The van der Waals surface area contributed by atoms with Crippen LogP contribution in [0, 0.1) is 0 Å². The molecule has 2 rings (SSSR count). The van der Waals surface area contributed by atoms with Gasteiger partial charge in [0.2, 0.25) is 0 Å². The van der Waals surface area contributed by atoms with Crippen LogP contribution in [0.4, 0.5) is 0 Å². The molecule has 0 amide bonds. The SMILES string of the molecule is CCS(=O)(=O)CCCN1CCC2CCC(C1)N2. The zero-order valence-corrected chi connectivity index (χ0v) is 11.5. The first-order chi connectivity index (χ1) is 8.09. The summed E-state index contributed by atoms with van der Waals surface area (Å²) in [5.74, 6) is 0.626. The van der Waals surface area contributed by atoms with Gasteiger partial charge in [0.05, 0.1) is 5.75 Å². The number of hydrogen-bond donors (Lipinski definition) is 1. The average molecular weight is 260 g/mol. The molecule has 0 aliphatic carbocycles. The molecule has 2 aliphatic heterocycles. The fourth-order valence-electron chi connectivity index (χ4n) is 2.87. The van der Waals surface area contributed by atoms with E-state index in [1.54, 1.807) is 6.92 Å². The largest absolute Gasteiger partial charge is 0.310 e. The number of likely N-dealkylation sites (tertiary alicyclic amines) is 1. The molecule has 4 nitrogen and oxygen atoms in total. The van der Waals surface area contributed by atoms with Gasteiger partial charge in [-0.2, -0.15) is 0 Å². The number of nitrogens with zero attached hydrogens (tertiary/aromatic N) is 1. The minimum atomic E-state index is -2.78. The van der Waals surface area contributed by atoms with Crippen LogP contribution in [0.1, 0.15) is 32.6 Å². The first-order valence-electron chi connectivity index (χ1n) is 6.78. The van der Waals surface area contributed by atoms with E-state index in [0.29, 0.717) is 17.8 Å². The highest BCUT2D eigenvalue weighted by Gasteiger charge is 2.28. The van der Waals surface area contributed by atoms with Crippen molar-refractivity contribution in [1.82, 2.24) is 10.2 Å². The lowest BCUT2D eigenvalue weighted by molar-refractivity contribution is 0.260. The smallest absolute Gasteiger partial charge is 0.150 e. The van der Waals surface area contributed by atoms with Crippen molar-refractivity contribution >= 4 is 9.84 Å². The number of sulfone groups is 1. The molecule has 0 radical (unpaired) electrons. The highest BCUT2D eigenvalue weighted by atomic mass is 32.2. The van der Waals surface area contributed by atoms with Crippen LogP contribution in [0.25, 0.3) is 0 Å². The third-order valence-corrected chi connectivity index (χ3v) is 5.77. The van der Waals surface area contributed by atoms with Crippen molar-refractivity contribution in [3.05, 3.63) is 0 Å². The molecule has 0 saturated carbocycles. The summed E-state index contributed by atoms with van der Waals surface area (Å²) in [6, 6.07) is 1.36. The van der Waals surface area contributed by atoms with E-state index in [9.17, 15) is 8.42 Å². The van der Waals surface area contributed by atoms with Gasteiger partial charge in [0.1, 0.15) is 9.84 Å². The Morgan fingerprint density at radius 1 is 1.24 bits per heavy atom. The second kappa shape index (κ2) is 5.67. The van der Waals surface area contributed by atoms with Gasteiger partial charge in [-0.15, -0.1) is 0 Å². The molecule has 0 spiro atoms. The van der Waals surface area contributed by atoms with E-state index in [4.69, 9.17) is 0 Å². The second-order valence-corrected chi connectivity index (χ2v) is 7.79. The number of nitrogens with one attached hydrogen (secondary N) is 1. The van der Waals surface area contributed by atoms with Crippen LogP contribution in [-0.2, 0) is 9.84 Å². The van der Waals surface area contributed by atoms with Gasteiger partial charge < -0.3 is 10.2 Å². The van der Waals surface area contributed by atoms with E-state index in [-0.39, 0.29) is 5.75 Å². The van der Waals surface area contributed by atoms with Crippen molar-refractivity contribution in [3.63, 3.8) is 0 Å². The van der Waals surface area contributed by atoms with Crippen molar-refractivity contribution in [1.29, 1.82) is 0 Å². The van der Waals surface area contributed by atoms with Gasteiger partial charge in [-0.3, -0.25) is 0 Å². The zero-order chi connectivity index (χ0) is 12.3. The molecular formula is C12H24N2O2S. The highest BCUT2D eigenvalue weighted by Crippen LogP contribution is 2.20. The minimum absolute atomic E-state index is 0.277. The summed E-state index contributed by atoms with van der Waals surface area (Å²) in [6.45, 7) is 4.89. The monoisotopic (exact) mass is 260 g/mol. The summed E-state index contributed by atoms with van der Waals surface area (Å²) in [5.41, 5.74) is 0. The maximum atomic E-state index is 11.4. The number of fused-ring (bicyclic) bond motifs is 2. The Balaban J connectivity index is 1.73. The van der Waals surface area contributed by atoms with Gasteiger partial charge in [0, 0.05) is 24.4 Å². The van der Waals surface area contributed by atoms with E-state index in [1.807, 2.05) is 0 Å². The van der Waals surface area contributed by atoms with Crippen LogP contribution in [-0.4, -0.2) is 56.5 Å². The zero-order valence-electron chi connectivity index (χ0n) is 10.7. The minimum Gasteiger partial charge on any atom is -0.310 e. The van der Waals surface area contributed by atoms with Crippen LogP contribution in [0.3, 0.4) is 0 Å². The Morgan fingerprint density at radius 2 is 2.00 bits per heavy atom. The quantitative estimate of drug-likeness (QED) is 0.788. The third-order valence-electron chi connectivity index (χ3n) is 3.98. The molecule has 5 heteroatoms. The molecule has 0 aromatic heterocycles. The Hall–Kier alpha value is -0.130. The van der Waals surface area contributed by atoms with Crippen LogP contribution in [0.2, 0.25) is 0 Å². The van der Waals surface area contributed by atoms with E-state index < -0.39 is 9.84 Å². The van der Waals surface area contributed by atoms with Crippen LogP contribution in [0.5, 0.6) is 0 Å². The summed E-state index contributed by atoms with van der Waals surface area (Å²) in [4.78, 5) is 2.43. The van der Waals surface area contributed by atoms with Crippen molar-refractivity contribution in [2.75, 3.05) is 31.1 Å². The Labute approximate surface area is 105 Å². The maximum absolute atomic E-state index is 11.4. The number of rotatable bonds is 5. The Kier molecular flexibility index (Phi) is 4.44. The Morgan fingerprint density at radius 3 is 2.76 bits per heavy atom. The predicted octanol–water partition coefficient (Wildman–Crippen LogP) is 0.638. The van der Waals surface area contributed by atoms with Gasteiger partial charge in [-0.25, -0.2) is 8.42 Å². The first kappa shape index (κ1) is 13.3. The lowest BCUT2D eigenvalue weighted by Gasteiger charge is -2.23. The molecule has 2 saturated heterocycles. The van der Waals surface area contributed by atoms with Crippen molar-refractivity contribution in [3.8, 4) is 0 Å². The van der Waals surface area contributed by atoms with Crippen molar-refractivity contribution in [2.24, 2.45) is 0 Å². The van der Waals surface area contributed by atoms with E-state index in [1.165, 1.54) is 19.3 Å². The summed E-state index contributed by atoms with van der Waals surface area (Å²) >= 11 is 0. The highest BCUT2D eigenvalue weighted by molar-refractivity contribution is 7.91. The summed E-state index contributed by atoms with van der Waals surface area (Å²) in [7, 11) is -2.78. The van der Waals surface area contributed by atoms with Gasteiger partial charge in [0.15, 0.2) is 0 Å². The van der Waals surface area contributed by atoms with Crippen LogP contribution < -0.4 is 5.32 Å². The normalized spacial score (nSPS) is 30.4. The van der Waals surface area contributed by atoms with E-state index >= 15 is 0 Å². The lowest BCUT2D eigenvalue weighted by Crippen LogP contribution is -2.36. The first-order valence-corrected chi connectivity index (χ1v) is 8.60. The molecule has 2 atom stereocenters. The molecule has 2 heterocycles. The molecule has 17 heavy (non-hydrogen) atoms. The maximum Gasteiger partial charge on any atom is 0.150 e. The molecule has 1 N–H and O–H groups in total. The molecule has 2 fully saturated rings. The average Bonchev–Trinajstić information content (AvgIpc) is 2.62. The van der Waals surface area contributed by atoms with Gasteiger partial charge in [-0.05, 0) is 38.8 Å². The summed E-state index contributed by atoms with van der Waals surface area (Å²) < 4.78 is 22.8. The molecule has 100 valence electrons. The van der Waals surface area contributed by atoms with E-state index in [0.717, 1.165) is 26.1 Å². The Bertz CT molecular complexity index is 342.